The van der Waals surface area contributed by atoms with Gasteiger partial charge in [0.2, 0.25) is 0 Å². The predicted molar refractivity (Wildman–Crippen MR) is 63.1 cm³/mol. The second-order valence-electron chi connectivity index (χ2n) is 4.99. The van der Waals surface area contributed by atoms with Crippen LogP contribution in [0.15, 0.2) is 4.52 Å². The third kappa shape index (κ3) is 2.84. The maximum absolute atomic E-state index is 6.36. The smallest absolute Gasteiger partial charge is 0.252 e. The van der Waals surface area contributed by atoms with Gasteiger partial charge in [0.05, 0.1) is 5.54 Å². The molecule has 0 spiro atoms. The van der Waals surface area contributed by atoms with Crippen LogP contribution in [0.1, 0.15) is 51.2 Å². The van der Waals surface area contributed by atoms with E-state index in [-0.39, 0.29) is 0 Å². The lowest BCUT2D eigenvalue weighted by Crippen LogP contribution is -2.41. The van der Waals surface area contributed by atoms with Gasteiger partial charge in [-0.2, -0.15) is 4.98 Å². The number of nitrogens with two attached hydrogens (primary N) is 1. The largest absolute Gasteiger partial charge is 0.372 e. The average molecular weight is 239 g/mol. The van der Waals surface area contributed by atoms with Crippen LogP contribution >= 0.6 is 0 Å². The third-order valence-electron chi connectivity index (χ3n) is 3.51. The van der Waals surface area contributed by atoms with E-state index in [0.29, 0.717) is 24.9 Å². The Morgan fingerprint density at radius 1 is 1.47 bits per heavy atom. The van der Waals surface area contributed by atoms with Crippen molar-refractivity contribution in [2.45, 2.75) is 51.7 Å². The summed E-state index contributed by atoms with van der Waals surface area (Å²) in [5.74, 6) is 1.91. The zero-order valence-corrected chi connectivity index (χ0v) is 10.6. The summed E-state index contributed by atoms with van der Waals surface area (Å²) in [7, 11) is 0. The first-order valence-corrected chi connectivity index (χ1v) is 6.34. The molecule has 5 heteroatoms. The van der Waals surface area contributed by atoms with Gasteiger partial charge in [0.25, 0.3) is 5.89 Å². The SMILES string of the molecule is CCOCc1nc(C2(N)CCC(C)CC2)no1. The molecule has 17 heavy (non-hydrogen) atoms. The van der Waals surface area contributed by atoms with Crippen LogP contribution in [-0.4, -0.2) is 16.7 Å². The van der Waals surface area contributed by atoms with Gasteiger partial charge in [-0.1, -0.05) is 12.1 Å². The minimum absolute atomic E-state index is 0.371. The summed E-state index contributed by atoms with van der Waals surface area (Å²) in [6, 6.07) is 0. The molecule has 0 aliphatic heterocycles. The highest BCUT2D eigenvalue weighted by Gasteiger charge is 2.36. The van der Waals surface area contributed by atoms with Gasteiger partial charge in [-0.25, -0.2) is 0 Å². The highest BCUT2D eigenvalue weighted by Crippen LogP contribution is 2.35. The van der Waals surface area contributed by atoms with E-state index >= 15 is 0 Å². The first-order chi connectivity index (χ1) is 8.14. The molecule has 1 aliphatic rings. The topological polar surface area (TPSA) is 74.2 Å². The molecule has 0 unspecified atom stereocenters. The summed E-state index contributed by atoms with van der Waals surface area (Å²) >= 11 is 0. The van der Waals surface area contributed by atoms with Crippen molar-refractivity contribution in [3.05, 3.63) is 11.7 Å². The van der Waals surface area contributed by atoms with Crippen molar-refractivity contribution < 1.29 is 9.26 Å². The maximum Gasteiger partial charge on any atom is 0.252 e. The van der Waals surface area contributed by atoms with E-state index < -0.39 is 5.54 Å². The van der Waals surface area contributed by atoms with Crippen LogP contribution in [0.5, 0.6) is 0 Å². The Balaban J connectivity index is 2.03. The molecule has 0 radical (unpaired) electrons. The summed E-state index contributed by atoms with van der Waals surface area (Å²) in [5, 5.41) is 4.00. The Kier molecular flexibility index (Phi) is 3.79. The van der Waals surface area contributed by atoms with Gasteiger partial charge in [-0.05, 0) is 38.5 Å². The van der Waals surface area contributed by atoms with Gasteiger partial charge in [0, 0.05) is 6.61 Å². The molecule has 1 fully saturated rings. The van der Waals surface area contributed by atoms with Crippen LogP contribution in [0.4, 0.5) is 0 Å². The molecule has 0 bridgehead atoms. The quantitative estimate of drug-likeness (QED) is 0.869. The Labute approximate surface area is 102 Å². The molecule has 1 aromatic heterocycles. The lowest BCUT2D eigenvalue weighted by Gasteiger charge is -2.33. The van der Waals surface area contributed by atoms with Gasteiger partial charge >= 0.3 is 0 Å². The molecule has 1 aromatic rings. The number of hydrogen-bond donors (Lipinski definition) is 1. The number of rotatable bonds is 4. The molecule has 1 saturated carbocycles. The Bertz CT molecular complexity index is 356. The van der Waals surface area contributed by atoms with Crippen LogP contribution in [-0.2, 0) is 16.9 Å². The van der Waals surface area contributed by atoms with Crippen molar-refractivity contribution in [2.24, 2.45) is 11.7 Å². The normalized spacial score (nSPS) is 29.5. The van der Waals surface area contributed by atoms with E-state index in [4.69, 9.17) is 15.0 Å². The number of ether oxygens (including phenoxy) is 1. The van der Waals surface area contributed by atoms with E-state index in [1.807, 2.05) is 6.92 Å². The standard InChI is InChI=1S/C12H21N3O2/c1-3-16-8-10-14-11(15-17-10)12(13)6-4-9(2)5-7-12/h9H,3-8,13H2,1-2H3. The Morgan fingerprint density at radius 2 is 2.18 bits per heavy atom. The van der Waals surface area contributed by atoms with Crippen LogP contribution < -0.4 is 5.73 Å². The molecule has 0 amide bonds. The van der Waals surface area contributed by atoms with Gasteiger partial charge in [-0.15, -0.1) is 0 Å². The fraction of sp³-hybridized carbons (Fsp3) is 0.833. The van der Waals surface area contributed by atoms with E-state index in [9.17, 15) is 0 Å². The minimum Gasteiger partial charge on any atom is -0.372 e. The molecule has 1 aliphatic carbocycles. The van der Waals surface area contributed by atoms with Crippen LogP contribution in [0.2, 0.25) is 0 Å². The highest BCUT2D eigenvalue weighted by molar-refractivity contribution is 5.05. The van der Waals surface area contributed by atoms with E-state index in [2.05, 4.69) is 17.1 Å². The fourth-order valence-corrected chi connectivity index (χ4v) is 2.21. The summed E-state index contributed by atoms with van der Waals surface area (Å²) in [5.41, 5.74) is 5.96. The average Bonchev–Trinajstić information content (AvgIpc) is 2.80. The predicted octanol–water partition coefficient (Wildman–Crippen LogP) is 1.97. The van der Waals surface area contributed by atoms with Crippen molar-refractivity contribution in [2.75, 3.05) is 6.61 Å². The summed E-state index contributed by atoms with van der Waals surface area (Å²) in [4.78, 5) is 4.34. The molecular formula is C12H21N3O2. The zero-order chi connectivity index (χ0) is 12.3. The molecule has 1 heterocycles. The van der Waals surface area contributed by atoms with E-state index in [1.165, 1.54) is 0 Å². The summed E-state index contributed by atoms with van der Waals surface area (Å²) < 4.78 is 10.4. The van der Waals surface area contributed by atoms with Crippen LogP contribution in [0, 0.1) is 5.92 Å². The van der Waals surface area contributed by atoms with Crippen molar-refractivity contribution >= 4 is 0 Å². The third-order valence-corrected chi connectivity index (χ3v) is 3.51. The Hall–Kier alpha value is -0.940. The van der Waals surface area contributed by atoms with Gasteiger partial charge in [-0.3, -0.25) is 0 Å². The fourth-order valence-electron chi connectivity index (χ4n) is 2.21. The van der Waals surface area contributed by atoms with Crippen molar-refractivity contribution in [1.29, 1.82) is 0 Å². The van der Waals surface area contributed by atoms with Gasteiger partial charge in [0.1, 0.15) is 6.61 Å². The number of aromatic nitrogens is 2. The maximum atomic E-state index is 6.36. The van der Waals surface area contributed by atoms with Crippen molar-refractivity contribution in [1.82, 2.24) is 10.1 Å². The first-order valence-electron chi connectivity index (χ1n) is 6.34. The lowest BCUT2D eigenvalue weighted by molar-refractivity contribution is 0.109. The number of nitrogens with zero attached hydrogens (tertiary/aromatic N) is 2. The van der Waals surface area contributed by atoms with E-state index in [1.54, 1.807) is 0 Å². The first kappa shape index (κ1) is 12.5. The zero-order valence-electron chi connectivity index (χ0n) is 10.6. The summed E-state index contributed by atoms with van der Waals surface area (Å²) in [6.45, 7) is 5.21. The van der Waals surface area contributed by atoms with Crippen molar-refractivity contribution in [3.63, 3.8) is 0 Å². The lowest BCUT2D eigenvalue weighted by atomic mass is 9.77. The molecule has 2 N–H and O–H groups in total. The molecule has 2 rings (SSSR count). The summed E-state index contributed by atoms with van der Waals surface area (Å²) in [6.07, 6.45) is 4.13. The molecule has 5 nitrogen and oxygen atoms in total. The molecule has 0 aromatic carbocycles. The van der Waals surface area contributed by atoms with Crippen LogP contribution in [0.25, 0.3) is 0 Å². The monoisotopic (exact) mass is 239 g/mol. The van der Waals surface area contributed by atoms with Gasteiger partial charge in [0.15, 0.2) is 5.82 Å². The minimum atomic E-state index is -0.402. The second kappa shape index (κ2) is 5.14. The van der Waals surface area contributed by atoms with Crippen LogP contribution in [0.3, 0.4) is 0 Å². The Morgan fingerprint density at radius 3 is 2.82 bits per heavy atom. The van der Waals surface area contributed by atoms with E-state index in [0.717, 1.165) is 31.6 Å². The number of hydrogen-bond acceptors (Lipinski definition) is 5. The molecule has 0 atom stereocenters. The molecule has 96 valence electrons. The molecular weight excluding hydrogens is 218 g/mol. The molecule has 0 saturated heterocycles. The second-order valence-corrected chi connectivity index (χ2v) is 4.99. The highest BCUT2D eigenvalue weighted by atomic mass is 16.5. The van der Waals surface area contributed by atoms with Crippen molar-refractivity contribution in [3.8, 4) is 0 Å². The van der Waals surface area contributed by atoms with Gasteiger partial charge < -0.3 is 15.0 Å².